The smallest absolute Gasteiger partial charge is 0.317 e. The van der Waals surface area contributed by atoms with Crippen LogP contribution in [-0.4, -0.2) is 50.8 Å². The molecule has 0 bridgehead atoms. The fourth-order valence-corrected chi connectivity index (χ4v) is 4.07. The van der Waals surface area contributed by atoms with E-state index in [0.717, 1.165) is 25.9 Å². The molecule has 0 spiro atoms. The minimum atomic E-state index is -4.49. The van der Waals surface area contributed by atoms with E-state index in [0.29, 0.717) is 23.1 Å². The van der Waals surface area contributed by atoms with Crippen LogP contribution in [0.25, 0.3) is 0 Å². The maximum atomic E-state index is 12.4. The number of nitrogens with zero attached hydrogens (tertiary/aromatic N) is 1. The van der Waals surface area contributed by atoms with E-state index in [1.54, 1.807) is 6.92 Å². The molecule has 1 heterocycles. The second-order valence-corrected chi connectivity index (χ2v) is 7.34. The Bertz CT molecular complexity index is 379. The summed E-state index contributed by atoms with van der Waals surface area (Å²) in [5.41, 5.74) is 0. The fourth-order valence-electron chi connectivity index (χ4n) is 2.38. The lowest BCUT2D eigenvalue weighted by Gasteiger charge is -2.26. The number of hydrogen-bond acceptors (Lipinski definition) is 3. The molecule has 1 N–H and O–H groups in total. The fraction of sp³-hybridized carbons (Fsp3) is 1.00. The van der Waals surface area contributed by atoms with E-state index in [1.165, 1.54) is 0 Å². The summed E-state index contributed by atoms with van der Waals surface area (Å²) in [5, 5.41) is 3.18. The summed E-state index contributed by atoms with van der Waals surface area (Å²) in [4.78, 5) is 0. The molecule has 0 aromatic rings. The van der Waals surface area contributed by atoms with Crippen molar-refractivity contribution in [2.24, 2.45) is 5.92 Å². The molecule has 0 radical (unpaired) electrons. The zero-order valence-electron chi connectivity index (χ0n) is 11.7. The number of sulfonamides is 1. The largest absolute Gasteiger partial charge is 0.402 e. The van der Waals surface area contributed by atoms with E-state index in [2.05, 4.69) is 5.32 Å². The van der Waals surface area contributed by atoms with E-state index in [1.807, 2.05) is 0 Å². The first-order chi connectivity index (χ1) is 9.24. The highest BCUT2D eigenvalue weighted by molar-refractivity contribution is 7.89. The van der Waals surface area contributed by atoms with Crippen molar-refractivity contribution in [3.63, 3.8) is 0 Å². The van der Waals surface area contributed by atoms with Crippen molar-refractivity contribution in [1.82, 2.24) is 9.62 Å². The first-order valence-electron chi connectivity index (χ1n) is 7.00. The standard InChI is InChI=1S/C12H23F3N2O2S/c1-2-8-17(10-12(13,14)15)20(18,19)9-5-11-3-6-16-7-4-11/h11,16H,2-10H2,1H3. The third-order valence-electron chi connectivity index (χ3n) is 3.46. The van der Waals surface area contributed by atoms with Gasteiger partial charge in [0.1, 0.15) is 6.54 Å². The maximum Gasteiger partial charge on any atom is 0.402 e. The van der Waals surface area contributed by atoms with Gasteiger partial charge in [0.15, 0.2) is 0 Å². The van der Waals surface area contributed by atoms with Crippen LogP contribution in [0.1, 0.15) is 32.6 Å². The highest BCUT2D eigenvalue weighted by Crippen LogP contribution is 2.22. The minimum Gasteiger partial charge on any atom is -0.317 e. The predicted octanol–water partition coefficient (Wildman–Crippen LogP) is 1.98. The number of hydrogen-bond donors (Lipinski definition) is 1. The highest BCUT2D eigenvalue weighted by atomic mass is 32.2. The van der Waals surface area contributed by atoms with Gasteiger partial charge in [0.25, 0.3) is 0 Å². The lowest BCUT2D eigenvalue weighted by Crippen LogP contribution is -2.41. The molecule has 1 saturated heterocycles. The number of halogens is 3. The summed E-state index contributed by atoms with van der Waals surface area (Å²) >= 11 is 0. The van der Waals surface area contributed by atoms with Crippen LogP contribution in [0.4, 0.5) is 13.2 Å². The Kier molecular flexibility index (Phi) is 6.74. The summed E-state index contributed by atoms with van der Waals surface area (Å²) in [7, 11) is -3.82. The van der Waals surface area contributed by atoms with Crippen LogP contribution in [0, 0.1) is 5.92 Å². The number of piperidine rings is 1. The highest BCUT2D eigenvalue weighted by Gasteiger charge is 2.35. The zero-order valence-corrected chi connectivity index (χ0v) is 12.6. The quantitative estimate of drug-likeness (QED) is 0.781. The number of nitrogens with one attached hydrogen (secondary N) is 1. The average Bonchev–Trinajstić information content (AvgIpc) is 2.36. The summed E-state index contributed by atoms with van der Waals surface area (Å²) in [6.45, 7) is 1.92. The van der Waals surface area contributed by atoms with Gasteiger partial charge in [-0.1, -0.05) is 6.92 Å². The van der Waals surface area contributed by atoms with E-state index >= 15 is 0 Å². The first-order valence-corrected chi connectivity index (χ1v) is 8.61. The number of rotatable bonds is 7. The van der Waals surface area contributed by atoms with Crippen molar-refractivity contribution in [3.05, 3.63) is 0 Å². The minimum absolute atomic E-state index is 0.0753. The van der Waals surface area contributed by atoms with Gasteiger partial charge in [-0.05, 0) is 44.7 Å². The van der Waals surface area contributed by atoms with Gasteiger partial charge in [-0.15, -0.1) is 0 Å². The van der Waals surface area contributed by atoms with Crippen LogP contribution in [0.15, 0.2) is 0 Å². The first kappa shape index (κ1) is 17.7. The van der Waals surface area contributed by atoms with Gasteiger partial charge in [0.2, 0.25) is 10.0 Å². The van der Waals surface area contributed by atoms with E-state index in [-0.39, 0.29) is 12.3 Å². The van der Waals surface area contributed by atoms with Crippen LogP contribution in [0.5, 0.6) is 0 Å². The van der Waals surface area contributed by atoms with E-state index in [4.69, 9.17) is 0 Å². The molecule has 1 rings (SSSR count). The molecule has 120 valence electrons. The Hall–Kier alpha value is -0.340. The Morgan fingerprint density at radius 3 is 2.35 bits per heavy atom. The molecule has 0 aliphatic carbocycles. The van der Waals surface area contributed by atoms with Crippen molar-refractivity contribution < 1.29 is 21.6 Å². The molecule has 0 amide bonds. The Labute approximate surface area is 118 Å². The molecule has 20 heavy (non-hydrogen) atoms. The SMILES string of the molecule is CCCN(CC(F)(F)F)S(=O)(=O)CCC1CCNCC1. The van der Waals surface area contributed by atoms with Gasteiger partial charge in [-0.3, -0.25) is 0 Å². The summed E-state index contributed by atoms with van der Waals surface area (Å²) in [6, 6.07) is 0. The molecule has 4 nitrogen and oxygen atoms in total. The molecule has 0 aromatic carbocycles. The third kappa shape index (κ3) is 6.41. The normalized spacial score (nSPS) is 18.6. The number of alkyl halides is 3. The molecule has 8 heteroatoms. The monoisotopic (exact) mass is 316 g/mol. The molecule has 0 aromatic heterocycles. The maximum absolute atomic E-state index is 12.4. The summed E-state index contributed by atoms with van der Waals surface area (Å²) < 4.78 is 62.0. The van der Waals surface area contributed by atoms with Crippen molar-refractivity contribution in [2.75, 3.05) is 31.9 Å². The molecule has 1 aliphatic rings. The van der Waals surface area contributed by atoms with Crippen LogP contribution in [0.3, 0.4) is 0 Å². The van der Waals surface area contributed by atoms with Crippen LogP contribution in [0.2, 0.25) is 0 Å². The Balaban J connectivity index is 2.57. The lowest BCUT2D eigenvalue weighted by atomic mass is 9.96. The van der Waals surface area contributed by atoms with Crippen LogP contribution in [-0.2, 0) is 10.0 Å². The summed E-state index contributed by atoms with van der Waals surface area (Å²) in [5.74, 6) is 0.105. The van der Waals surface area contributed by atoms with Gasteiger partial charge in [-0.25, -0.2) is 8.42 Å². The predicted molar refractivity (Wildman–Crippen MR) is 71.9 cm³/mol. The van der Waals surface area contributed by atoms with E-state index in [9.17, 15) is 21.6 Å². The molecular formula is C12H23F3N2O2S. The van der Waals surface area contributed by atoms with E-state index < -0.39 is 22.7 Å². The van der Waals surface area contributed by atoms with Crippen LogP contribution < -0.4 is 5.32 Å². The second kappa shape index (κ2) is 7.61. The molecule has 1 aliphatic heterocycles. The van der Waals surface area contributed by atoms with Gasteiger partial charge in [0.05, 0.1) is 5.75 Å². The van der Waals surface area contributed by atoms with Gasteiger partial charge in [0, 0.05) is 6.54 Å². The average molecular weight is 316 g/mol. The second-order valence-electron chi connectivity index (χ2n) is 5.25. The molecular weight excluding hydrogens is 293 g/mol. The molecule has 0 unspecified atom stereocenters. The van der Waals surface area contributed by atoms with Gasteiger partial charge >= 0.3 is 6.18 Å². The van der Waals surface area contributed by atoms with Crippen molar-refractivity contribution in [1.29, 1.82) is 0 Å². The van der Waals surface area contributed by atoms with Crippen LogP contribution >= 0.6 is 0 Å². The van der Waals surface area contributed by atoms with Gasteiger partial charge in [-0.2, -0.15) is 17.5 Å². The molecule has 1 fully saturated rings. The molecule has 0 saturated carbocycles. The zero-order chi connectivity index (χ0) is 15.2. The summed E-state index contributed by atoms with van der Waals surface area (Å²) in [6.07, 6.45) is -1.88. The van der Waals surface area contributed by atoms with Gasteiger partial charge < -0.3 is 5.32 Å². The Morgan fingerprint density at radius 1 is 1.25 bits per heavy atom. The molecule has 0 atom stereocenters. The topological polar surface area (TPSA) is 49.4 Å². The van der Waals surface area contributed by atoms with Crippen molar-refractivity contribution in [3.8, 4) is 0 Å². The Morgan fingerprint density at radius 2 is 1.85 bits per heavy atom. The van der Waals surface area contributed by atoms with Crippen molar-refractivity contribution in [2.45, 2.75) is 38.8 Å². The van der Waals surface area contributed by atoms with Crippen molar-refractivity contribution >= 4 is 10.0 Å². The third-order valence-corrected chi connectivity index (χ3v) is 5.31. The lowest BCUT2D eigenvalue weighted by molar-refractivity contribution is -0.136.